The number of nitriles is 1. The van der Waals surface area contributed by atoms with Gasteiger partial charge < -0.3 is 9.47 Å². The van der Waals surface area contributed by atoms with E-state index in [1.807, 2.05) is 13.0 Å². The first-order valence-corrected chi connectivity index (χ1v) is 13.7. The summed E-state index contributed by atoms with van der Waals surface area (Å²) in [7, 11) is -3.98. The summed E-state index contributed by atoms with van der Waals surface area (Å²) in [6, 6.07) is 14.5. The maximum absolute atomic E-state index is 16.1. The summed E-state index contributed by atoms with van der Waals surface area (Å²) in [4.78, 5) is 4.13. The largest absolute Gasteiger partial charge is 0.353 e. The van der Waals surface area contributed by atoms with E-state index in [9.17, 15) is 13.7 Å². The molecule has 0 saturated carbocycles. The summed E-state index contributed by atoms with van der Waals surface area (Å²) >= 11 is 0. The minimum Gasteiger partial charge on any atom is -0.353 e. The molecule has 38 heavy (non-hydrogen) atoms. The molecule has 2 unspecified atom stereocenters. The van der Waals surface area contributed by atoms with Crippen molar-refractivity contribution in [2.45, 2.75) is 43.5 Å². The molecule has 1 fully saturated rings. The fourth-order valence-electron chi connectivity index (χ4n) is 4.74. The molecule has 2 aromatic carbocycles. The molecule has 0 bridgehead atoms. The van der Waals surface area contributed by atoms with E-state index in [4.69, 9.17) is 9.47 Å². The quantitative estimate of drug-likeness (QED) is 0.296. The Bertz CT molecular complexity index is 1650. The summed E-state index contributed by atoms with van der Waals surface area (Å²) in [5.41, 5.74) is 2.38. The van der Waals surface area contributed by atoms with Crippen LogP contribution in [0.1, 0.15) is 53.3 Å². The molecule has 0 amide bonds. The van der Waals surface area contributed by atoms with Gasteiger partial charge in [0.25, 0.3) is 10.0 Å². The standard InChI is InChI=1S/C29H26FN3O4S/c1-3-23-24-12-14-33(38(34,35)22-9-7-19(2)8-10-22)26(24)17-25(30)28(23)29(37-27-6-4-5-15-36-27)20-11-13-32-21(16-20)18-31/h3,7-14,16-17,27,29H,1,4-6,15H2,2H3. The molecule has 9 heteroatoms. The number of hydrogen-bond acceptors (Lipinski definition) is 6. The molecule has 3 heterocycles. The number of hydrogen-bond donors (Lipinski definition) is 0. The van der Waals surface area contributed by atoms with E-state index in [-0.39, 0.29) is 21.7 Å². The lowest BCUT2D eigenvalue weighted by Crippen LogP contribution is -2.26. The van der Waals surface area contributed by atoms with Gasteiger partial charge in [-0.2, -0.15) is 5.26 Å². The second-order valence-corrected chi connectivity index (χ2v) is 11.0. The lowest BCUT2D eigenvalue weighted by atomic mass is 9.93. The van der Waals surface area contributed by atoms with Crippen LogP contribution in [0.25, 0.3) is 17.0 Å². The van der Waals surface area contributed by atoms with E-state index >= 15 is 4.39 Å². The van der Waals surface area contributed by atoms with Gasteiger partial charge in [0.1, 0.15) is 23.7 Å². The molecule has 0 N–H and O–H groups in total. The minimum absolute atomic E-state index is 0.0988. The summed E-state index contributed by atoms with van der Waals surface area (Å²) in [6.45, 7) is 6.31. The highest BCUT2D eigenvalue weighted by molar-refractivity contribution is 7.90. The van der Waals surface area contributed by atoms with Crippen molar-refractivity contribution in [1.82, 2.24) is 8.96 Å². The molecule has 1 aliphatic rings. The van der Waals surface area contributed by atoms with Gasteiger partial charge in [0, 0.05) is 30.0 Å². The Morgan fingerprint density at radius 3 is 2.71 bits per heavy atom. The van der Waals surface area contributed by atoms with Gasteiger partial charge in [-0.15, -0.1) is 0 Å². The summed E-state index contributed by atoms with van der Waals surface area (Å²) in [5, 5.41) is 9.89. The van der Waals surface area contributed by atoms with Crippen molar-refractivity contribution in [1.29, 1.82) is 5.26 Å². The first-order chi connectivity index (χ1) is 18.3. The Morgan fingerprint density at radius 2 is 2.03 bits per heavy atom. The smallest absolute Gasteiger partial charge is 0.268 e. The minimum atomic E-state index is -3.98. The van der Waals surface area contributed by atoms with E-state index in [2.05, 4.69) is 11.6 Å². The van der Waals surface area contributed by atoms with E-state index < -0.39 is 28.2 Å². The van der Waals surface area contributed by atoms with Crippen LogP contribution >= 0.6 is 0 Å². The average Bonchev–Trinajstić information content (AvgIpc) is 3.36. The van der Waals surface area contributed by atoms with Gasteiger partial charge in [-0.25, -0.2) is 21.8 Å². The van der Waals surface area contributed by atoms with Crippen LogP contribution < -0.4 is 0 Å². The van der Waals surface area contributed by atoms with Crippen molar-refractivity contribution in [2.24, 2.45) is 0 Å². The normalized spacial score (nSPS) is 16.7. The van der Waals surface area contributed by atoms with Crippen LogP contribution in [0.15, 0.2) is 72.4 Å². The molecular weight excluding hydrogens is 505 g/mol. The fourth-order valence-corrected chi connectivity index (χ4v) is 6.08. The second-order valence-electron chi connectivity index (χ2n) is 9.15. The predicted molar refractivity (Wildman–Crippen MR) is 141 cm³/mol. The van der Waals surface area contributed by atoms with Crippen molar-refractivity contribution in [3.63, 3.8) is 0 Å². The van der Waals surface area contributed by atoms with E-state index in [0.717, 1.165) is 22.4 Å². The van der Waals surface area contributed by atoms with Crippen LogP contribution in [0, 0.1) is 24.1 Å². The number of pyridine rings is 1. The maximum Gasteiger partial charge on any atom is 0.268 e. The van der Waals surface area contributed by atoms with Crippen molar-refractivity contribution in [3.05, 3.63) is 101 Å². The Labute approximate surface area is 220 Å². The number of fused-ring (bicyclic) bond motifs is 1. The molecule has 1 aliphatic heterocycles. The monoisotopic (exact) mass is 531 g/mol. The molecule has 0 radical (unpaired) electrons. The predicted octanol–water partition coefficient (Wildman–Crippen LogP) is 5.87. The topological polar surface area (TPSA) is 94.2 Å². The van der Waals surface area contributed by atoms with Crippen LogP contribution in [0.3, 0.4) is 0 Å². The summed E-state index contributed by atoms with van der Waals surface area (Å²) < 4.78 is 56.1. The Balaban J connectivity index is 1.68. The number of nitrogens with zero attached hydrogens (tertiary/aromatic N) is 3. The zero-order valence-electron chi connectivity index (χ0n) is 20.8. The molecule has 0 aliphatic carbocycles. The van der Waals surface area contributed by atoms with Gasteiger partial charge in [0.2, 0.25) is 0 Å². The molecule has 2 aromatic heterocycles. The van der Waals surface area contributed by atoms with Crippen molar-refractivity contribution >= 4 is 27.0 Å². The molecule has 194 valence electrons. The third-order valence-corrected chi connectivity index (χ3v) is 8.37. The van der Waals surface area contributed by atoms with Gasteiger partial charge in [-0.1, -0.05) is 30.4 Å². The number of rotatable bonds is 7. The Kier molecular flexibility index (Phi) is 7.13. The first kappa shape index (κ1) is 25.8. The van der Waals surface area contributed by atoms with Gasteiger partial charge in [-0.05, 0) is 73.7 Å². The van der Waals surface area contributed by atoms with Gasteiger partial charge in [0.05, 0.1) is 10.4 Å². The lowest BCUT2D eigenvalue weighted by Gasteiger charge is -2.29. The Hall–Kier alpha value is -3.84. The average molecular weight is 532 g/mol. The molecular formula is C29H26FN3O4S. The number of halogens is 1. The third kappa shape index (κ3) is 4.74. The lowest BCUT2D eigenvalue weighted by molar-refractivity contribution is -0.181. The molecule has 1 saturated heterocycles. The number of aryl methyl sites for hydroxylation is 1. The van der Waals surface area contributed by atoms with Crippen LogP contribution in [0.2, 0.25) is 0 Å². The summed E-state index contributed by atoms with van der Waals surface area (Å²) in [6.07, 6.45) is 5.34. The highest BCUT2D eigenvalue weighted by atomic mass is 32.2. The fraction of sp³-hybridized carbons (Fsp3) is 0.241. The van der Waals surface area contributed by atoms with Gasteiger partial charge in [-0.3, -0.25) is 0 Å². The van der Waals surface area contributed by atoms with Crippen LogP contribution in [0.4, 0.5) is 4.39 Å². The van der Waals surface area contributed by atoms with Gasteiger partial charge >= 0.3 is 0 Å². The summed E-state index contributed by atoms with van der Waals surface area (Å²) in [5.74, 6) is -0.664. The zero-order chi connectivity index (χ0) is 26.9. The maximum atomic E-state index is 16.1. The molecule has 7 nitrogen and oxygen atoms in total. The molecule has 2 atom stereocenters. The van der Waals surface area contributed by atoms with Crippen LogP contribution in [-0.2, 0) is 19.5 Å². The first-order valence-electron chi connectivity index (χ1n) is 12.2. The Morgan fingerprint density at radius 1 is 1.24 bits per heavy atom. The number of benzene rings is 2. The van der Waals surface area contributed by atoms with Crippen molar-refractivity contribution in [2.75, 3.05) is 6.61 Å². The zero-order valence-corrected chi connectivity index (χ0v) is 21.6. The third-order valence-electron chi connectivity index (χ3n) is 6.66. The highest BCUT2D eigenvalue weighted by Gasteiger charge is 2.30. The van der Waals surface area contributed by atoms with E-state index in [0.29, 0.717) is 29.5 Å². The van der Waals surface area contributed by atoms with Crippen LogP contribution in [0.5, 0.6) is 0 Å². The second kappa shape index (κ2) is 10.5. The molecule has 0 spiro atoms. The molecule has 5 rings (SSSR count). The highest BCUT2D eigenvalue weighted by Crippen LogP contribution is 2.38. The van der Waals surface area contributed by atoms with Crippen molar-refractivity contribution < 1.29 is 22.3 Å². The van der Waals surface area contributed by atoms with E-state index in [1.54, 1.807) is 30.3 Å². The number of ether oxygens (including phenoxy) is 2. The molecule has 4 aromatic rings. The van der Waals surface area contributed by atoms with Crippen molar-refractivity contribution in [3.8, 4) is 6.07 Å². The SMILES string of the molecule is C=Cc1c(C(OC2CCCCO2)c2ccnc(C#N)c2)c(F)cc2c1ccn2S(=O)(=O)c1ccc(C)cc1. The van der Waals surface area contributed by atoms with E-state index in [1.165, 1.54) is 36.7 Å². The van der Waals surface area contributed by atoms with Gasteiger partial charge in [0.15, 0.2) is 6.29 Å². The number of aromatic nitrogens is 2. The van der Waals surface area contributed by atoms with Crippen LogP contribution in [-0.4, -0.2) is 30.3 Å².